The van der Waals surface area contributed by atoms with E-state index in [1.807, 2.05) is 13.8 Å². The van der Waals surface area contributed by atoms with Crippen molar-refractivity contribution in [2.24, 2.45) is 0 Å². The van der Waals surface area contributed by atoms with Crippen molar-refractivity contribution in [3.63, 3.8) is 0 Å². The van der Waals surface area contributed by atoms with E-state index in [9.17, 15) is 9.59 Å². The van der Waals surface area contributed by atoms with Gasteiger partial charge in [0.15, 0.2) is 0 Å². The van der Waals surface area contributed by atoms with Crippen molar-refractivity contribution in [1.82, 2.24) is 0 Å². The first kappa shape index (κ1) is 13.7. The number of carbonyl (C=O) groups is 2. The Bertz CT molecular complexity index is 221. The molecular formula is C11H18O4. The molecule has 0 saturated carbocycles. The van der Waals surface area contributed by atoms with Crippen LogP contribution in [0.15, 0.2) is 12.0 Å². The SMILES string of the molecule is CC=C(OC(=O)CCC)OC(=O)CCC. The zero-order chi connectivity index (χ0) is 11.7. The lowest BCUT2D eigenvalue weighted by Gasteiger charge is -2.07. The molecule has 0 aromatic rings. The summed E-state index contributed by atoms with van der Waals surface area (Å²) < 4.78 is 9.67. The molecule has 0 radical (unpaired) electrons. The van der Waals surface area contributed by atoms with Crippen molar-refractivity contribution >= 4 is 11.9 Å². The summed E-state index contributed by atoms with van der Waals surface area (Å²) in [5.74, 6) is -0.781. The van der Waals surface area contributed by atoms with Gasteiger partial charge in [0.2, 0.25) is 0 Å². The molecule has 0 fully saturated rings. The molecule has 0 N–H and O–H groups in total. The maximum absolute atomic E-state index is 11.1. The van der Waals surface area contributed by atoms with Gasteiger partial charge in [-0.15, -0.1) is 0 Å². The monoisotopic (exact) mass is 214 g/mol. The van der Waals surface area contributed by atoms with Crippen LogP contribution in [0, 0.1) is 0 Å². The van der Waals surface area contributed by atoms with E-state index in [4.69, 9.17) is 9.47 Å². The highest BCUT2D eigenvalue weighted by atomic mass is 16.7. The van der Waals surface area contributed by atoms with E-state index >= 15 is 0 Å². The normalized spacial score (nSPS) is 9.27. The Morgan fingerprint density at radius 2 is 1.40 bits per heavy atom. The Morgan fingerprint density at radius 1 is 1.00 bits per heavy atom. The Labute approximate surface area is 90.2 Å². The molecule has 0 aromatic carbocycles. The van der Waals surface area contributed by atoms with Crippen molar-refractivity contribution in [3.8, 4) is 0 Å². The second-order valence-corrected chi connectivity index (χ2v) is 3.06. The standard InChI is InChI=1S/C11H18O4/c1-4-7-9(12)14-11(6-3)15-10(13)8-5-2/h6H,4-5,7-8H2,1-3H3. The van der Waals surface area contributed by atoms with Crippen LogP contribution in [0.1, 0.15) is 46.5 Å². The molecule has 0 unspecified atom stereocenters. The van der Waals surface area contributed by atoms with Crippen LogP contribution in [-0.2, 0) is 19.1 Å². The van der Waals surface area contributed by atoms with Gasteiger partial charge in [-0.2, -0.15) is 0 Å². The van der Waals surface area contributed by atoms with E-state index < -0.39 is 0 Å². The molecule has 0 aliphatic heterocycles. The third-order valence-electron chi connectivity index (χ3n) is 1.57. The summed E-state index contributed by atoms with van der Waals surface area (Å²) in [7, 11) is 0. The minimum atomic E-state index is -0.380. The highest BCUT2D eigenvalue weighted by molar-refractivity contribution is 5.72. The number of esters is 2. The van der Waals surface area contributed by atoms with E-state index in [-0.39, 0.29) is 17.9 Å². The number of hydrogen-bond donors (Lipinski definition) is 0. The molecule has 0 rings (SSSR count). The Morgan fingerprint density at radius 3 is 1.67 bits per heavy atom. The third kappa shape index (κ3) is 6.71. The van der Waals surface area contributed by atoms with Crippen LogP contribution in [0.4, 0.5) is 0 Å². The zero-order valence-electron chi connectivity index (χ0n) is 9.54. The number of hydrogen-bond acceptors (Lipinski definition) is 4. The lowest BCUT2D eigenvalue weighted by Crippen LogP contribution is -2.10. The fourth-order valence-electron chi connectivity index (χ4n) is 0.873. The highest BCUT2D eigenvalue weighted by Crippen LogP contribution is 2.05. The van der Waals surface area contributed by atoms with Crippen LogP contribution in [-0.4, -0.2) is 11.9 Å². The van der Waals surface area contributed by atoms with Gasteiger partial charge >= 0.3 is 11.9 Å². The summed E-state index contributed by atoms with van der Waals surface area (Å²) in [5.41, 5.74) is 0. The topological polar surface area (TPSA) is 52.6 Å². The molecule has 15 heavy (non-hydrogen) atoms. The summed E-state index contributed by atoms with van der Waals surface area (Å²) in [4.78, 5) is 22.2. The highest BCUT2D eigenvalue weighted by Gasteiger charge is 2.10. The van der Waals surface area contributed by atoms with E-state index in [1.165, 1.54) is 6.08 Å². The maximum Gasteiger partial charge on any atom is 0.313 e. The van der Waals surface area contributed by atoms with Crippen molar-refractivity contribution in [1.29, 1.82) is 0 Å². The van der Waals surface area contributed by atoms with Crippen LogP contribution in [0.25, 0.3) is 0 Å². The largest absolute Gasteiger partial charge is 0.393 e. The molecule has 86 valence electrons. The Kier molecular flexibility index (Phi) is 7.32. The van der Waals surface area contributed by atoms with Gasteiger partial charge in [-0.05, 0) is 25.8 Å². The van der Waals surface area contributed by atoms with Gasteiger partial charge in [0.1, 0.15) is 0 Å². The van der Waals surface area contributed by atoms with Gasteiger partial charge in [-0.3, -0.25) is 9.59 Å². The number of ether oxygens (including phenoxy) is 2. The van der Waals surface area contributed by atoms with Crippen LogP contribution in [0.2, 0.25) is 0 Å². The van der Waals surface area contributed by atoms with E-state index in [0.717, 1.165) is 0 Å². The van der Waals surface area contributed by atoms with E-state index in [1.54, 1.807) is 6.92 Å². The first-order chi connectivity index (χ1) is 7.13. The van der Waals surface area contributed by atoms with Gasteiger partial charge in [0.05, 0.1) is 0 Å². The Balaban J connectivity index is 4.04. The number of allylic oxidation sites excluding steroid dienone is 1. The molecular weight excluding hydrogens is 196 g/mol. The van der Waals surface area contributed by atoms with E-state index in [0.29, 0.717) is 25.7 Å². The van der Waals surface area contributed by atoms with Crippen LogP contribution in [0.3, 0.4) is 0 Å². The predicted octanol–water partition coefficient (Wildman–Crippen LogP) is 2.53. The fourth-order valence-corrected chi connectivity index (χ4v) is 0.873. The Hall–Kier alpha value is -1.32. The quantitative estimate of drug-likeness (QED) is 0.503. The molecule has 4 heteroatoms. The molecule has 0 amide bonds. The predicted molar refractivity (Wildman–Crippen MR) is 55.8 cm³/mol. The van der Waals surface area contributed by atoms with Crippen LogP contribution >= 0.6 is 0 Å². The molecule has 0 atom stereocenters. The minimum absolute atomic E-state index is 0.0214. The third-order valence-corrected chi connectivity index (χ3v) is 1.57. The molecule has 0 saturated heterocycles. The molecule has 0 spiro atoms. The van der Waals surface area contributed by atoms with Gasteiger partial charge in [0.25, 0.3) is 5.95 Å². The average Bonchev–Trinajstić information content (AvgIpc) is 2.17. The van der Waals surface area contributed by atoms with Crippen molar-refractivity contribution < 1.29 is 19.1 Å². The smallest absolute Gasteiger partial charge is 0.313 e. The summed E-state index contributed by atoms with van der Waals surface area (Å²) in [5, 5.41) is 0. The second-order valence-electron chi connectivity index (χ2n) is 3.06. The lowest BCUT2D eigenvalue weighted by molar-refractivity contribution is -0.153. The molecule has 0 aliphatic carbocycles. The minimum Gasteiger partial charge on any atom is -0.393 e. The van der Waals surface area contributed by atoms with Gasteiger partial charge in [0, 0.05) is 12.8 Å². The van der Waals surface area contributed by atoms with Crippen molar-refractivity contribution in [2.45, 2.75) is 46.5 Å². The zero-order valence-corrected chi connectivity index (χ0v) is 9.54. The molecule has 0 bridgehead atoms. The molecule has 0 aromatic heterocycles. The number of rotatable bonds is 6. The van der Waals surface area contributed by atoms with E-state index in [2.05, 4.69) is 0 Å². The van der Waals surface area contributed by atoms with Gasteiger partial charge < -0.3 is 9.47 Å². The van der Waals surface area contributed by atoms with Crippen LogP contribution in [0.5, 0.6) is 0 Å². The fraction of sp³-hybridized carbons (Fsp3) is 0.636. The summed E-state index contributed by atoms with van der Waals surface area (Å²) in [6, 6.07) is 0. The average molecular weight is 214 g/mol. The molecule has 4 nitrogen and oxygen atoms in total. The summed E-state index contributed by atoms with van der Waals surface area (Å²) in [6.07, 6.45) is 3.52. The molecule has 0 aliphatic rings. The van der Waals surface area contributed by atoms with Crippen molar-refractivity contribution in [3.05, 3.63) is 12.0 Å². The summed E-state index contributed by atoms with van der Waals surface area (Å²) in [6.45, 7) is 5.40. The van der Waals surface area contributed by atoms with Gasteiger partial charge in [-0.1, -0.05) is 13.8 Å². The maximum atomic E-state index is 11.1. The molecule has 0 heterocycles. The second kappa shape index (κ2) is 8.03. The summed E-state index contributed by atoms with van der Waals surface area (Å²) >= 11 is 0. The lowest BCUT2D eigenvalue weighted by atomic mass is 10.3. The number of carbonyl (C=O) groups excluding carboxylic acids is 2. The van der Waals surface area contributed by atoms with Gasteiger partial charge in [-0.25, -0.2) is 0 Å². The van der Waals surface area contributed by atoms with Crippen LogP contribution < -0.4 is 0 Å². The van der Waals surface area contributed by atoms with Crippen molar-refractivity contribution in [2.75, 3.05) is 0 Å². The first-order valence-corrected chi connectivity index (χ1v) is 5.21. The first-order valence-electron chi connectivity index (χ1n) is 5.21.